The molecule has 1 atom stereocenters. The zero-order valence-corrected chi connectivity index (χ0v) is 19.9. The fraction of sp³-hybridized carbons (Fsp3) is 0.462. The van der Waals surface area contributed by atoms with Crippen LogP contribution in [0.1, 0.15) is 22.3 Å². The van der Waals surface area contributed by atoms with E-state index in [4.69, 9.17) is 14.2 Å². The zero-order chi connectivity index (χ0) is 24.0. The van der Waals surface area contributed by atoms with Gasteiger partial charge in [0.05, 0.1) is 12.7 Å². The first-order valence-electron chi connectivity index (χ1n) is 12.3. The molecule has 0 unspecified atom stereocenters. The van der Waals surface area contributed by atoms with Crippen LogP contribution >= 0.6 is 0 Å². The molecule has 3 aliphatic heterocycles. The summed E-state index contributed by atoms with van der Waals surface area (Å²) in [5.74, 6) is 1.32. The first kappa shape index (κ1) is 23.4. The molecule has 0 spiro atoms. The van der Waals surface area contributed by atoms with Gasteiger partial charge in [-0.15, -0.1) is 0 Å². The summed E-state index contributed by atoms with van der Waals surface area (Å²) in [6.07, 6.45) is 0.854. The van der Waals surface area contributed by atoms with E-state index >= 15 is 0 Å². The molecule has 186 valence electrons. The largest absolute Gasteiger partial charge is 0.454 e. The highest BCUT2D eigenvalue weighted by molar-refractivity contribution is 5.95. The summed E-state index contributed by atoms with van der Waals surface area (Å²) in [5, 5.41) is 3.01. The van der Waals surface area contributed by atoms with E-state index in [9.17, 15) is 9.59 Å². The standard InChI is InChI=1S/C26H32N4O5/c31-25(21-7-8-23-24(15-21)35-19-34-23)29-10-4-9-28(11-12-29)17-22-18-30(13-14-33-22)26(32)27-16-20-5-2-1-3-6-20/h1-3,5-8,15,22H,4,9-14,16-19H2,(H,27,32)/t22-/m0/s1. The number of amides is 3. The maximum absolute atomic E-state index is 13.1. The van der Waals surface area contributed by atoms with E-state index in [0.29, 0.717) is 56.4 Å². The van der Waals surface area contributed by atoms with Gasteiger partial charge >= 0.3 is 6.03 Å². The summed E-state index contributed by atoms with van der Waals surface area (Å²) in [5.41, 5.74) is 1.70. The molecular weight excluding hydrogens is 448 g/mol. The average molecular weight is 481 g/mol. The highest BCUT2D eigenvalue weighted by atomic mass is 16.7. The molecule has 0 bridgehead atoms. The second-order valence-electron chi connectivity index (χ2n) is 9.10. The number of nitrogens with zero attached hydrogens (tertiary/aromatic N) is 3. The summed E-state index contributed by atoms with van der Waals surface area (Å²) in [7, 11) is 0. The first-order valence-corrected chi connectivity index (χ1v) is 12.3. The fourth-order valence-corrected chi connectivity index (χ4v) is 4.76. The molecule has 5 rings (SSSR count). The lowest BCUT2D eigenvalue weighted by atomic mass is 10.1. The Bertz CT molecular complexity index is 1030. The first-order chi connectivity index (χ1) is 17.2. The number of urea groups is 1. The van der Waals surface area contributed by atoms with Gasteiger partial charge in [0.1, 0.15) is 0 Å². The van der Waals surface area contributed by atoms with E-state index in [2.05, 4.69) is 10.2 Å². The van der Waals surface area contributed by atoms with Crippen molar-refractivity contribution in [3.05, 3.63) is 59.7 Å². The van der Waals surface area contributed by atoms with Crippen LogP contribution in [0.15, 0.2) is 48.5 Å². The number of ether oxygens (including phenoxy) is 3. The molecular formula is C26H32N4O5. The Labute approximate surface area is 205 Å². The van der Waals surface area contributed by atoms with Crippen LogP contribution in [0.5, 0.6) is 11.5 Å². The quantitative estimate of drug-likeness (QED) is 0.706. The Morgan fingerprint density at radius 2 is 1.77 bits per heavy atom. The minimum absolute atomic E-state index is 0.0142. The van der Waals surface area contributed by atoms with Gasteiger partial charge in [0.25, 0.3) is 5.91 Å². The van der Waals surface area contributed by atoms with Gasteiger partial charge in [-0.25, -0.2) is 4.79 Å². The zero-order valence-electron chi connectivity index (χ0n) is 19.9. The van der Waals surface area contributed by atoms with E-state index < -0.39 is 0 Å². The van der Waals surface area contributed by atoms with Crippen molar-refractivity contribution in [3.8, 4) is 11.5 Å². The SMILES string of the molecule is O=C(NCc1ccccc1)N1CCO[C@@H](CN2CCCN(C(=O)c3ccc4c(c3)OCO4)CC2)C1. The van der Waals surface area contributed by atoms with Gasteiger partial charge in [0.2, 0.25) is 6.79 Å². The molecule has 9 heteroatoms. The molecule has 3 heterocycles. The predicted octanol–water partition coefficient (Wildman–Crippen LogP) is 2.17. The number of morpholine rings is 1. The van der Waals surface area contributed by atoms with Gasteiger partial charge in [-0.05, 0) is 36.7 Å². The lowest BCUT2D eigenvalue weighted by Crippen LogP contribution is -2.52. The van der Waals surface area contributed by atoms with E-state index in [1.807, 2.05) is 40.1 Å². The summed E-state index contributed by atoms with van der Waals surface area (Å²) in [6, 6.07) is 15.2. The Hall–Kier alpha value is -3.30. The Morgan fingerprint density at radius 1 is 0.914 bits per heavy atom. The maximum Gasteiger partial charge on any atom is 0.317 e. The van der Waals surface area contributed by atoms with Gasteiger partial charge in [-0.3, -0.25) is 9.69 Å². The van der Waals surface area contributed by atoms with Crippen molar-refractivity contribution >= 4 is 11.9 Å². The number of benzene rings is 2. The Morgan fingerprint density at radius 3 is 2.66 bits per heavy atom. The number of hydrogen-bond donors (Lipinski definition) is 1. The lowest BCUT2D eigenvalue weighted by Gasteiger charge is -2.35. The van der Waals surface area contributed by atoms with Crippen LogP contribution in [0.3, 0.4) is 0 Å². The maximum atomic E-state index is 13.1. The highest BCUT2D eigenvalue weighted by Gasteiger charge is 2.28. The molecule has 2 saturated heterocycles. The summed E-state index contributed by atoms with van der Waals surface area (Å²) < 4.78 is 16.7. The summed E-state index contributed by atoms with van der Waals surface area (Å²) >= 11 is 0. The van der Waals surface area contributed by atoms with E-state index in [-0.39, 0.29) is 24.8 Å². The van der Waals surface area contributed by atoms with Crippen molar-refractivity contribution in [2.75, 3.05) is 59.2 Å². The van der Waals surface area contributed by atoms with Crippen LogP contribution < -0.4 is 14.8 Å². The molecule has 3 amide bonds. The third-order valence-corrected chi connectivity index (χ3v) is 6.67. The molecule has 2 aromatic carbocycles. The monoisotopic (exact) mass is 480 g/mol. The van der Waals surface area contributed by atoms with Crippen molar-refractivity contribution in [2.24, 2.45) is 0 Å². The normalized spacial score (nSPS) is 20.4. The Kier molecular flexibility index (Phi) is 7.34. The molecule has 0 radical (unpaired) electrons. The van der Waals surface area contributed by atoms with E-state index in [1.54, 1.807) is 18.2 Å². The molecule has 0 aromatic heterocycles. The second kappa shape index (κ2) is 11.0. The number of nitrogens with one attached hydrogen (secondary N) is 1. The van der Waals surface area contributed by atoms with Crippen molar-refractivity contribution in [3.63, 3.8) is 0 Å². The van der Waals surface area contributed by atoms with Crippen LogP contribution in [-0.4, -0.2) is 92.0 Å². The molecule has 2 aromatic rings. The van der Waals surface area contributed by atoms with Gasteiger partial charge in [-0.2, -0.15) is 0 Å². The van der Waals surface area contributed by atoms with Crippen molar-refractivity contribution in [2.45, 2.75) is 19.1 Å². The minimum atomic E-state index is -0.0569. The molecule has 1 N–H and O–H groups in total. The molecule has 0 saturated carbocycles. The minimum Gasteiger partial charge on any atom is -0.454 e. The van der Waals surface area contributed by atoms with Gasteiger partial charge in [0, 0.05) is 51.4 Å². The van der Waals surface area contributed by atoms with Crippen LogP contribution in [0, 0.1) is 0 Å². The van der Waals surface area contributed by atoms with Crippen LogP contribution in [-0.2, 0) is 11.3 Å². The highest BCUT2D eigenvalue weighted by Crippen LogP contribution is 2.32. The second-order valence-corrected chi connectivity index (χ2v) is 9.10. The molecule has 2 fully saturated rings. The molecule has 3 aliphatic rings. The van der Waals surface area contributed by atoms with E-state index in [1.165, 1.54) is 0 Å². The third-order valence-electron chi connectivity index (χ3n) is 6.67. The topological polar surface area (TPSA) is 83.6 Å². The number of rotatable bonds is 5. The smallest absolute Gasteiger partial charge is 0.317 e. The van der Waals surface area contributed by atoms with Crippen molar-refractivity contribution < 1.29 is 23.8 Å². The number of fused-ring (bicyclic) bond motifs is 1. The third kappa shape index (κ3) is 5.86. The summed E-state index contributed by atoms with van der Waals surface area (Å²) in [6.45, 7) is 6.18. The van der Waals surface area contributed by atoms with Crippen molar-refractivity contribution in [1.29, 1.82) is 0 Å². The van der Waals surface area contributed by atoms with Gasteiger partial charge in [-0.1, -0.05) is 30.3 Å². The average Bonchev–Trinajstić information content (AvgIpc) is 3.25. The summed E-state index contributed by atoms with van der Waals surface area (Å²) in [4.78, 5) is 31.8. The van der Waals surface area contributed by atoms with Gasteiger partial charge < -0.3 is 29.3 Å². The number of carbonyl (C=O) groups is 2. The van der Waals surface area contributed by atoms with Crippen LogP contribution in [0.4, 0.5) is 4.79 Å². The van der Waals surface area contributed by atoms with Crippen molar-refractivity contribution in [1.82, 2.24) is 20.0 Å². The van der Waals surface area contributed by atoms with Crippen LogP contribution in [0.25, 0.3) is 0 Å². The number of carbonyl (C=O) groups excluding carboxylic acids is 2. The fourth-order valence-electron chi connectivity index (χ4n) is 4.76. The lowest BCUT2D eigenvalue weighted by molar-refractivity contribution is -0.0299. The molecule has 0 aliphatic carbocycles. The molecule has 9 nitrogen and oxygen atoms in total. The Balaban J connectivity index is 1.10. The van der Waals surface area contributed by atoms with Crippen LogP contribution in [0.2, 0.25) is 0 Å². The predicted molar refractivity (Wildman–Crippen MR) is 130 cm³/mol. The van der Waals surface area contributed by atoms with Gasteiger partial charge in [0.15, 0.2) is 11.5 Å². The van der Waals surface area contributed by atoms with E-state index in [0.717, 1.165) is 31.6 Å². The number of hydrogen-bond acceptors (Lipinski definition) is 6. The molecule has 35 heavy (non-hydrogen) atoms.